The number of thioether (sulfide) groups is 1. The van der Waals surface area contributed by atoms with E-state index in [1.165, 1.54) is 70.5 Å². The third kappa shape index (κ3) is 43.4. The van der Waals surface area contributed by atoms with Crippen LogP contribution in [-0.2, 0) is 18.4 Å². The third-order valence-electron chi connectivity index (χ3n) is 6.93. The van der Waals surface area contributed by atoms with E-state index in [9.17, 15) is 19.4 Å². The molecule has 0 saturated carbocycles. The molecule has 11 heteroatoms. The van der Waals surface area contributed by atoms with Gasteiger partial charge < -0.3 is 20.2 Å². The Kier molecular flexibility index (Phi) is 34.4. The molecule has 8 nitrogen and oxygen atoms in total. The lowest BCUT2D eigenvalue weighted by atomic mass is 9.71. The zero-order valence-electron chi connectivity index (χ0n) is 29.6. The largest absolute Gasteiger partial charge is 0.472 e. The molecular formula is C34H70BN2O6PS+. The molecule has 0 rings (SSSR count). The van der Waals surface area contributed by atoms with Crippen molar-refractivity contribution in [3.05, 3.63) is 24.3 Å². The number of hydrogen-bond donors (Lipinski definition) is 3. The monoisotopic (exact) mass is 676 g/mol. The fourth-order valence-electron chi connectivity index (χ4n) is 4.11. The van der Waals surface area contributed by atoms with E-state index in [4.69, 9.17) is 14.8 Å². The number of aliphatic hydroxyl groups excluding tert-OH is 1. The quantitative estimate of drug-likeness (QED) is 0.0222. The highest BCUT2D eigenvalue weighted by Gasteiger charge is 2.22. The number of nitrogens with two attached hydrogens (primary N) is 1. The van der Waals surface area contributed by atoms with Crippen LogP contribution in [0.3, 0.4) is 0 Å². The van der Waals surface area contributed by atoms with Gasteiger partial charge in [-0.1, -0.05) is 115 Å². The Morgan fingerprint density at radius 3 is 2.02 bits per heavy atom. The summed E-state index contributed by atoms with van der Waals surface area (Å²) < 4.78 is 22.3. The van der Waals surface area contributed by atoms with Gasteiger partial charge in [-0.05, 0) is 31.4 Å². The maximum Gasteiger partial charge on any atom is 0.472 e. The average Bonchev–Trinajstić information content (AvgIpc) is 2.96. The van der Waals surface area contributed by atoms with Gasteiger partial charge in [0.25, 0.3) is 0 Å². The first-order valence-corrected chi connectivity index (χ1v) is 20.2. The van der Waals surface area contributed by atoms with Crippen LogP contribution in [0.15, 0.2) is 24.3 Å². The Morgan fingerprint density at radius 1 is 0.867 bits per heavy atom. The van der Waals surface area contributed by atoms with E-state index in [1.807, 2.05) is 27.2 Å². The molecule has 0 aliphatic heterocycles. The molecule has 1 unspecified atom stereocenters. The van der Waals surface area contributed by atoms with Crippen molar-refractivity contribution in [2.45, 2.75) is 135 Å². The second kappa shape index (κ2) is 33.3. The Morgan fingerprint density at radius 2 is 1.44 bits per heavy atom. The van der Waals surface area contributed by atoms with Crippen molar-refractivity contribution in [2.75, 3.05) is 52.4 Å². The Hall–Kier alpha value is -0.605. The molecule has 1 radical (unpaired) electrons. The van der Waals surface area contributed by atoms with E-state index in [1.54, 1.807) is 17.8 Å². The number of phosphoric ester groups is 1. The fourth-order valence-corrected chi connectivity index (χ4v) is 5.69. The Bertz CT molecular complexity index is 767. The van der Waals surface area contributed by atoms with Gasteiger partial charge in [-0.25, -0.2) is 4.57 Å². The van der Waals surface area contributed by atoms with Crippen molar-refractivity contribution in [1.82, 2.24) is 0 Å². The first kappa shape index (κ1) is 46.5. The molecule has 45 heavy (non-hydrogen) atoms. The van der Waals surface area contributed by atoms with Crippen LogP contribution in [0.5, 0.6) is 0 Å². The van der Waals surface area contributed by atoms with Crippen LogP contribution < -0.4 is 5.73 Å². The van der Waals surface area contributed by atoms with E-state index in [2.05, 4.69) is 33.3 Å². The summed E-state index contributed by atoms with van der Waals surface area (Å²) >= 11 is 1.79. The molecule has 0 aromatic heterocycles. The van der Waals surface area contributed by atoms with Crippen LogP contribution >= 0.6 is 19.6 Å². The van der Waals surface area contributed by atoms with Crippen LogP contribution in [0.2, 0.25) is 12.6 Å². The van der Waals surface area contributed by atoms with Crippen LogP contribution in [-0.4, -0.2) is 86.2 Å². The lowest BCUT2D eigenvalue weighted by Crippen LogP contribution is -2.37. The second-order valence-corrected chi connectivity index (χ2v) is 15.3. The molecule has 0 aromatic carbocycles. The predicted molar refractivity (Wildman–Crippen MR) is 196 cm³/mol. The molecular weight excluding hydrogens is 606 g/mol. The van der Waals surface area contributed by atoms with Crippen molar-refractivity contribution in [3.8, 4) is 0 Å². The number of primary amides is 1. The minimum Gasteiger partial charge on any atom is -0.389 e. The van der Waals surface area contributed by atoms with Crippen LogP contribution in [0, 0.1) is 0 Å². The topological polar surface area (TPSA) is 119 Å². The normalized spacial score (nSPS) is 13.9. The van der Waals surface area contributed by atoms with Crippen molar-refractivity contribution in [3.63, 3.8) is 0 Å². The number of carbonyl (C=O) groups is 1. The molecule has 1 amide bonds. The maximum atomic E-state index is 11.8. The first-order valence-electron chi connectivity index (χ1n) is 17.5. The zero-order valence-corrected chi connectivity index (χ0v) is 31.3. The van der Waals surface area contributed by atoms with E-state index in [-0.39, 0.29) is 25.5 Å². The summed E-state index contributed by atoms with van der Waals surface area (Å²) in [5.74, 6) is 1.74. The number of aliphatic hydroxyl groups is 1. The van der Waals surface area contributed by atoms with Gasteiger partial charge in [0.05, 0.1) is 33.9 Å². The summed E-state index contributed by atoms with van der Waals surface area (Å²) in [4.78, 5) is 20.1. The SMILES string of the molecule is CCCCCCCCCCCCC/C=C/[C@@H](O)CCOP(=O)(O)OCC[N+](C)(C)C.CC[B]CC/C=C\CCSCCC(N)=O. The molecule has 2 atom stereocenters. The highest BCUT2D eigenvalue weighted by molar-refractivity contribution is 7.99. The highest BCUT2D eigenvalue weighted by atomic mass is 32.2. The van der Waals surface area contributed by atoms with Gasteiger partial charge in [0.1, 0.15) is 20.4 Å². The van der Waals surface area contributed by atoms with E-state index < -0.39 is 13.9 Å². The number of carbonyl (C=O) groups excluding carboxylic acids is 1. The van der Waals surface area contributed by atoms with E-state index >= 15 is 0 Å². The lowest BCUT2D eigenvalue weighted by molar-refractivity contribution is -0.870. The number of rotatable bonds is 31. The smallest absolute Gasteiger partial charge is 0.389 e. The van der Waals surface area contributed by atoms with Crippen LogP contribution in [0.4, 0.5) is 0 Å². The number of likely N-dealkylation sites (N-methyl/N-ethyl adjacent to an activating group) is 1. The molecule has 4 N–H and O–H groups in total. The summed E-state index contributed by atoms with van der Waals surface area (Å²) in [6, 6.07) is 0. The number of amides is 1. The van der Waals surface area contributed by atoms with E-state index in [0.717, 1.165) is 43.5 Å². The van der Waals surface area contributed by atoms with E-state index in [0.29, 0.717) is 17.4 Å². The second-order valence-electron chi connectivity index (χ2n) is 12.6. The number of allylic oxidation sites excluding steroid dienone is 3. The Labute approximate surface area is 282 Å². The van der Waals surface area contributed by atoms with Gasteiger partial charge in [0.2, 0.25) is 5.91 Å². The number of nitrogens with zero attached hydrogens (tertiary/aromatic N) is 1. The van der Waals surface area contributed by atoms with Crippen LogP contribution in [0.25, 0.3) is 0 Å². The number of quaternary nitrogens is 1. The van der Waals surface area contributed by atoms with Gasteiger partial charge in [0.15, 0.2) is 0 Å². The van der Waals surface area contributed by atoms with Gasteiger partial charge >= 0.3 is 7.82 Å². The summed E-state index contributed by atoms with van der Waals surface area (Å²) in [5.41, 5.74) is 5.03. The highest BCUT2D eigenvalue weighted by Crippen LogP contribution is 2.43. The summed E-state index contributed by atoms with van der Waals surface area (Å²) in [6.07, 6.45) is 28.5. The van der Waals surface area contributed by atoms with Crippen molar-refractivity contribution >= 4 is 32.8 Å². The lowest BCUT2D eigenvalue weighted by Gasteiger charge is -2.24. The molecule has 0 aliphatic carbocycles. The molecule has 0 aliphatic rings. The first-order chi connectivity index (χ1) is 21.4. The summed E-state index contributed by atoms with van der Waals surface area (Å²) in [6.45, 7) is 5.17. The van der Waals surface area contributed by atoms with Crippen LogP contribution in [0.1, 0.15) is 117 Å². The minimum atomic E-state index is -4.04. The van der Waals surface area contributed by atoms with Gasteiger partial charge in [-0.3, -0.25) is 13.8 Å². The molecule has 0 spiro atoms. The predicted octanol–water partition coefficient (Wildman–Crippen LogP) is 8.33. The molecule has 0 saturated heterocycles. The third-order valence-corrected chi connectivity index (χ3v) is 8.97. The summed E-state index contributed by atoms with van der Waals surface area (Å²) in [7, 11) is 4.19. The maximum absolute atomic E-state index is 11.8. The summed E-state index contributed by atoms with van der Waals surface area (Å²) in [5, 5.41) is 9.92. The molecule has 0 heterocycles. The average molecular weight is 677 g/mol. The van der Waals surface area contributed by atoms with Gasteiger partial charge in [-0.2, -0.15) is 11.8 Å². The van der Waals surface area contributed by atoms with Crippen molar-refractivity contribution in [2.24, 2.45) is 5.73 Å². The van der Waals surface area contributed by atoms with Gasteiger partial charge in [0, 0.05) is 18.6 Å². The van der Waals surface area contributed by atoms with Gasteiger partial charge in [-0.15, -0.1) is 0 Å². The number of hydrogen-bond acceptors (Lipinski definition) is 6. The van der Waals surface area contributed by atoms with Crippen molar-refractivity contribution < 1.29 is 32.9 Å². The molecule has 0 fully saturated rings. The molecule has 0 bridgehead atoms. The Balaban J connectivity index is 0. The molecule has 0 aromatic rings. The minimum absolute atomic E-state index is 0.0118. The van der Waals surface area contributed by atoms with Crippen molar-refractivity contribution in [1.29, 1.82) is 0 Å². The zero-order chi connectivity index (χ0) is 34.1. The number of phosphoric acid groups is 1. The number of unbranched alkanes of at least 4 members (excludes halogenated alkanes) is 11. The fraction of sp³-hybridized carbons (Fsp3) is 0.853. The molecule has 265 valence electrons. The standard InChI is InChI=1S/C23H48NO5P.C11H21BNOS/c1-5-6-7-8-9-10-11-12-13-14-15-16-17-18-23(25)19-21-28-30(26,27)29-22-20-24(2,3)4;1-2-12-8-5-3-4-6-9-15-10-7-11(13)14/h17-18,23,25H,5-16,19-22H2,1-4H3;3-4H,2,5-10H2,1H3,(H2,13,14)/p+1/b18-17+;4-3-/t23-;/m1./s1.